The molecule has 1 atom stereocenters. The molecule has 0 aromatic heterocycles. The lowest BCUT2D eigenvalue weighted by Gasteiger charge is -2.24. The molecule has 3 aromatic rings. The maximum Gasteiger partial charge on any atom is 0.266 e. The van der Waals surface area contributed by atoms with Gasteiger partial charge in [0.05, 0.1) is 31.3 Å². The van der Waals surface area contributed by atoms with Crippen LogP contribution < -0.4 is 19.1 Å². The van der Waals surface area contributed by atoms with Gasteiger partial charge in [-0.3, -0.25) is 4.55 Å². The highest BCUT2D eigenvalue weighted by molar-refractivity contribution is 7.81. The average molecular weight is 384 g/mol. The Labute approximate surface area is 160 Å². The topological polar surface area (TPSA) is 71.0 Å². The Balaban J connectivity index is 2.05. The zero-order chi connectivity index (χ0) is 19.2. The minimum absolute atomic E-state index is 0.471. The number of nitrogens with zero attached hydrogens (tertiary/aromatic N) is 1. The summed E-state index contributed by atoms with van der Waals surface area (Å²) in [5.74, 6) is 1.01. The smallest absolute Gasteiger partial charge is 0.266 e. The number of hydrogen-bond donors (Lipinski definition) is 2. The summed E-state index contributed by atoms with van der Waals surface area (Å²) in [5.41, 5.74) is 2.62. The Kier molecular flexibility index (Phi) is 5.95. The van der Waals surface area contributed by atoms with Gasteiger partial charge >= 0.3 is 0 Å². The van der Waals surface area contributed by atoms with Crippen LogP contribution in [0.3, 0.4) is 0 Å². The van der Waals surface area contributed by atoms with Crippen molar-refractivity contribution < 1.29 is 18.2 Å². The highest BCUT2D eigenvalue weighted by Gasteiger charge is 2.20. The van der Waals surface area contributed by atoms with Crippen molar-refractivity contribution in [1.29, 1.82) is 0 Å². The summed E-state index contributed by atoms with van der Waals surface area (Å²) in [6.07, 6.45) is 0. The molecule has 0 aliphatic carbocycles. The molecule has 0 aliphatic rings. The van der Waals surface area contributed by atoms with E-state index in [0.717, 1.165) is 5.69 Å². The Bertz CT molecular complexity index is 934. The summed E-state index contributed by atoms with van der Waals surface area (Å²) < 4.78 is 34.1. The van der Waals surface area contributed by atoms with E-state index in [1.165, 1.54) is 11.4 Å². The number of nitrogens with one attached hydrogen (secondary N) is 1. The normalized spacial score (nSPS) is 11.5. The van der Waals surface area contributed by atoms with Gasteiger partial charge in [-0.1, -0.05) is 30.3 Å². The summed E-state index contributed by atoms with van der Waals surface area (Å²) in [7, 11) is 3.06. The number of anilines is 4. The van der Waals surface area contributed by atoms with Gasteiger partial charge in [0.15, 0.2) is 11.5 Å². The summed E-state index contributed by atoms with van der Waals surface area (Å²) in [4.78, 5) is 0. The first-order valence-corrected chi connectivity index (χ1v) is 9.24. The van der Waals surface area contributed by atoms with Crippen LogP contribution >= 0.6 is 0 Å². The highest BCUT2D eigenvalue weighted by Crippen LogP contribution is 2.38. The second kappa shape index (κ2) is 8.57. The number of hydrogen-bond acceptors (Lipinski definition) is 4. The molecule has 0 radical (unpaired) electrons. The van der Waals surface area contributed by atoms with Crippen molar-refractivity contribution in [2.45, 2.75) is 0 Å². The monoisotopic (exact) mass is 384 g/mol. The van der Waals surface area contributed by atoms with E-state index in [2.05, 4.69) is 5.32 Å². The number of benzene rings is 3. The fourth-order valence-electron chi connectivity index (χ4n) is 2.70. The fraction of sp³-hybridized carbons (Fsp3) is 0.100. The number of rotatable bonds is 7. The summed E-state index contributed by atoms with van der Waals surface area (Å²) in [5, 5.41) is 3.29. The molecule has 0 aliphatic heterocycles. The van der Waals surface area contributed by atoms with Gasteiger partial charge in [0.25, 0.3) is 11.3 Å². The maximum absolute atomic E-state index is 12.2. The second-order valence-electron chi connectivity index (χ2n) is 5.57. The third-order valence-electron chi connectivity index (χ3n) is 3.93. The Hall–Kier alpha value is -3.03. The van der Waals surface area contributed by atoms with Gasteiger partial charge in [0, 0.05) is 11.8 Å². The average Bonchev–Trinajstić information content (AvgIpc) is 2.70. The molecule has 0 heterocycles. The van der Waals surface area contributed by atoms with Gasteiger partial charge in [-0.2, -0.15) is 0 Å². The second-order valence-corrected chi connectivity index (χ2v) is 6.40. The largest absolute Gasteiger partial charge is 0.493 e. The van der Waals surface area contributed by atoms with E-state index in [-0.39, 0.29) is 0 Å². The van der Waals surface area contributed by atoms with Crippen molar-refractivity contribution in [2.24, 2.45) is 0 Å². The van der Waals surface area contributed by atoms with Crippen LogP contribution in [0.25, 0.3) is 0 Å². The van der Waals surface area contributed by atoms with E-state index in [1.54, 1.807) is 31.4 Å². The zero-order valence-electron chi connectivity index (χ0n) is 15.0. The Morgan fingerprint density at radius 1 is 0.889 bits per heavy atom. The van der Waals surface area contributed by atoms with Crippen LogP contribution in [0.15, 0.2) is 72.8 Å². The van der Waals surface area contributed by atoms with Gasteiger partial charge in [-0.05, 0) is 36.4 Å². The van der Waals surface area contributed by atoms with Crippen molar-refractivity contribution in [3.05, 3.63) is 72.8 Å². The first kappa shape index (κ1) is 18.8. The van der Waals surface area contributed by atoms with Crippen LogP contribution in [-0.4, -0.2) is 23.0 Å². The number of para-hydroxylation sites is 3. The van der Waals surface area contributed by atoms with Crippen molar-refractivity contribution in [1.82, 2.24) is 0 Å². The van der Waals surface area contributed by atoms with Gasteiger partial charge in [0.1, 0.15) is 0 Å². The molecular weight excluding hydrogens is 364 g/mol. The van der Waals surface area contributed by atoms with Gasteiger partial charge < -0.3 is 14.8 Å². The van der Waals surface area contributed by atoms with E-state index >= 15 is 0 Å². The minimum Gasteiger partial charge on any atom is -0.493 e. The molecule has 7 heteroatoms. The fourth-order valence-corrected chi connectivity index (χ4v) is 3.32. The van der Waals surface area contributed by atoms with Gasteiger partial charge in [0.2, 0.25) is 0 Å². The standard InChI is InChI=1S/C20H20N2O4S/c1-25-19-13-12-16(14-20(19)26-2)22(27(23)24)18-11-7-6-10-17(18)21-15-8-4-3-5-9-15/h3-14,21H,1-2H3,(H,23,24). The van der Waals surface area contributed by atoms with Gasteiger partial charge in [-0.25, -0.2) is 8.51 Å². The lowest BCUT2D eigenvalue weighted by atomic mass is 10.2. The molecule has 0 amide bonds. The molecule has 3 rings (SSSR count). The van der Waals surface area contributed by atoms with E-state index < -0.39 is 11.3 Å². The SMILES string of the molecule is COc1ccc(N(c2ccccc2Nc2ccccc2)S(=O)O)cc1OC. The van der Waals surface area contributed by atoms with E-state index in [1.807, 2.05) is 48.5 Å². The molecular formula is C20H20N2O4S. The first-order valence-electron chi connectivity index (χ1n) is 8.18. The van der Waals surface area contributed by atoms with E-state index in [0.29, 0.717) is 28.6 Å². The number of methoxy groups -OCH3 is 2. The lowest BCUT2D eigenvalue weighted by molar-refractivity contribution is 0.355. The summed E-state index contributed by atoms with van der Waals surface area (Å²) >= 11 is -2.30. The lowest BCUT2D eigenvalue weighted by Crippen LogP contribution is -2.20. The summed E-state index contributed by atoms with van der Waals surface area (Å²) in [6.45, 7) is 0. The molecule has 0 bridgehead atoms. The molecule has 0 spiro atoms. The van der Waals surface area contributed by atoms with Crippen LogP contribution in [0.5, 0.6) is 11.5 Å². The molecule has 27 heavy (non-hydrogen) atoms. The van der Waals surface area contributed by atoms with Crippen molar-refractivity contribution in [3.63, 3.8) is 0 Å². The molecule has 6 nitrogen and oxygen atoms in total. The predicted octanol–water partition coefficient (Wildman–Crippen LogP) is 4.72. The van der Waals surface area contributed by atoms with Crippen LogP contribution in [0, 0.1) is 0 Å². The zero-order valence-corrected chi connectivity index (χ0v) is 15.8. The molecule has 2 N–H and O–H groups in total. The van der Waals surface area contributed by atoms with E-state index in [9.17, 15) is 8.76 Å². The first-order chi connectivity index (χ1) is 13.1. The van der Waals surface area contributed by atoms with Crippen LogP contribution in [0.1, 0.15) is 0 Å². The Morgan fingerprint density at radius 2 is 1.56 bits per heavy atom. The van der Waals surface area contributed by atoms with Crippen molar-refractivity contribution in [3.8, 4) is 11.5 Å². The predicted molar refractivity (Wildman–Crippen MR) is 109 cm³/mol. The Morgan fingerprint density at radius 3 is 2.22 bits per heavy atom. The summed E-state index contributed by atoms with van der Waals surface area (Å²) in [6, 6.07) is 22.0. The molecule has 1 unspecified atom stereocenters. The molecule has 140 valence electrons. The number of ether oxygens (including phenoxy) is 2. The third kappa shape index (κ3) is 4.21. The van der Waals surface area contributed by atoms with E-state index in [4.69, 9.17) is 9.47 Å². The van der Waals surface area contributed by atoms with Gasteiger partial charge in [-0.15, -0.1) is 0 Å². The minimum atomic E-state index is -2.30. The maximum atomic E-state index is 12.2. The van der Waals surface area contributed by atoms with Crippen molar-refractivity contribution in [2.75, 3.05) is 23.8 Å². The third-order valence-corrected chi connectivity index (χ3v) is 4.65. The van der Waals surface area contributed by atoms with Crippen LogP contribution in [0.2, 0.25) is 0 Å². The van der Waals surface area contributed by atoms with Crippen LogP contribution in [0.4, 0.5) is 22.7 Å². The van der Waals surface area contributed by atoms with Crippen molar-refractivity contribution >= 4 is 34.0 Å². The molecule has 0 fully saturated rings. The quantitative estimate of drug-likeness (QED) is 0.577. The molecule has 0 saturated carbocycles. The molecule has 0 saturated heterocycles. The highest BCUT2D eigenvalue weighted by atomic mass is 32.2. The molecule has 3 aromatic carbocycles. The van der Waals surface area contributed by atoms with Crippen LogP contribution in [-0.2, 0) is 11.3 Å².